The molecule has 1 rings (SSSR count). The van der Waals surface area contributed by atoms with Crippen LogP contribution in [0.25, 0.3) is 0 Å². The quantitative estimate of drug-likeness (QED) is 0.791. The molecule has 17 heavy (non-hydrogen) atoms. The van der Waals surface area contributed by atoms with E-state index in [9.17, 15) is 4.79 Å². The first-order valence-corrected chi connectivity index (χ1v) is 5.74. The molecule has 0 radical (unpaired) electrons. The van der Waals surface area contributed by atoms with Crippen LogP contribution in [0.15, 0.2) is 18.2 Å². The van der Waals surface area contributed by atoms with Gasteiger partial charge in [0.15, 0.2) is 0 Å². The molecule has 0 heterocycles. The molecule has 0 fully saturated rings. The maximum atomic E-state index is 12.2. The predicted octanol–water partition coefficient (Wildman–Crippen LogP) is 1.69. The van der Waals surface area contributed by atoms with E-state index in [-0.39, 0.29) is 5.91 Å². The number of nitrogens with two attached hydrogens (primary N) is 1. The lowest BCUT2D eigenvalue weighted by molar-refractivity contribution is 0.0707. The number of anilines is 1. The zero-order valence-electron chi connectivity index (χ0n) is 10.7. The summed E-state index contributed by atoms with van der Waals surface area (Å²) in [5.41, 5.74) is 8.02. The molecule has 0 atom stereocenters. The fraction of sp³-hybridized carbons (Fsp3) is 0.462. The molecule has 2 N–H and O–H groups in total. The summed E-state index contributed by atoms with van der Waals surface area (Å²) in [7, 11) is 1.62. The molecule has 1 aromatic rings. The Kier molecular flexibility index (Phi) is 4.97. The standard InChI is InChI=1S/C13H20N2O2/c1-4-15(7-8-17-3)13(16)11-6-5-10(2)9-12(11)14/h5-6,9H,4,7-8,14H2,1-3H3. The van der Waals surface area contributed by atoms with E-state index in [1.54, 1.807) is 18.1 Å². The molecule has 4 heteroatoms. The molecular weight excluding hydrogens is 216 g/mol. The van der Waals surface area contributed by atoms with Crippen molar-refractivity contribution in [1.29, 1.82) is 0 Å². The number of amides is 1. The first-order chi connectivity index (χ1) is 8.10. The Balaban J connectivity index is 2.86. The van der Waals surface area contributed by atoms with Crippen LogP contribution in [0.4, 0.5) is 5.69 Å². The first kappa shape index (κ1) is 13.5. The topological polar surface area (TPSA) is 55.6 Å². The fourth-order valence-electron chi connectivity index (χ4n) is 1.65. The van der Waals surface area contributed by atoms with Gasteiger partial charge in [0.2, 0.25) is 0 Å². The van der Waals surface area contributed by atoms with Crippen LogP contribution in [0.5, 0.6) is 0 Å². The van der Waals surface area contributed by atoms with Crippen molar-refractivity contribution in [3.63, 3.8) is 0 Å². The Morgan fingerprint density at radius 1 is 1.47 bits per heavy atom. The van der Waals surface area contributed by atoms with Gasteiger partial charge in [0, 0.05) is 25.9 Å². The average molecular weight is 236 g/mol. The Hall–Kier alpha value is -1.55. The highest BCUT2D eigenvalue weighted by molar-refractivity contribution is 5.99. The number of methoxy groups -OCH3 is 1. The number of hydrogen-bond donors (Lipinski definition) is 1. The van der Waals surface area contributed by atoms with Crippen LogP contribution in [0.3, 0.4) is 0 Å². The second-order valence-electron chi connectivity index (χ2n) is 3.97. The monoisotopic (exact) mass is 236 g/mol. The van der Waals surface area contributed by atoms with Crippen LogP contribution in [-0.4, -0.2) is 37.6 Å². The van der Waals surface area contributed by atoms with Crippen molar-refractivity contribution in [3.8, 4) is 0 Å². The Morgan fingerprint density at radius 3 is 2.71 bits per heavy atom. The maximum Gasteiger partial charge on any atom is 0.256 e. The normalized spacial score (nSPS) is 10.3. The van der Waals surface area contributed by atoms with Crippen LogP contribution in [0.1, 0.15) is 22.8 Å². The largest absolute Gasteiger partial charge is 0.398 e. The summed E-state index contributed by atoms with van der Waals surface area (Å²) in [4.78, 5) is 13.9. The number of carbonyl (C=O) groups excluding carboxylic acids is 1. The molecule has 1 amide bonds. The average Bonchev–Trinajstić information content (AvgIpc) is 2.29. The minimum absolute atomic E-state index is 0.0398. The number of nitrogen functional groups attached to an aromatic ring is 1. The lowest BCUT2D eigenvalue weighted by Gasteiger charge is -2.21. The highest BCUT2D eigenvalue weighted by Gasteiger charge is 2.16. The predicted molar refractivity (Wildman–Crippen MR) is 69.0 cm³/mol. The fourth-order valence-corrected chi connectivity index (χ4v) is 1.65. The van der Waals surface area contributed by atoms with Gasteiger partial charge in [0.25, 0.3) is 5.91 Å². The number of rotatable bonds is 5. The van der Waals surface area contributed by atoms with Gasteiger partial charge in [0.1, 0.15) is 0 Å². The molecule has 4 nitrogen and oxygen atoms in total. The van der Waals surface area contributed by atoms with E-state index in [2.05, 4.69) is 0 Å². The summed E-state index contributed by atoms with van der Waals surface area (Å²) < 4.78 is 4.98. The van der Waals surface area contributed by atoms with Crippen LogP contribution in [0.2, 0.25) is 0 Å². The van der Waals surface area contributed by atoms with Crippen molar-refractivity contribution < 1.29 is 9.53 Å². The van der Waals surface area contributed by atoms with Crippen molar-refractivity contribution in [2.24, 2.45) is 0 Å². The molecule has 0 aromatic heterocycles. The number of benzene rings is 1. The second kappa shape index (κ2) is 6.25. The third kappa shape index (κ3) is 3.46. The van der Waals surface area contributed by atoms with Crippen molar-refractivity contribution >= 4 is 11.6 Å². The number of aryl methyl sites for hydroxylation is 1. The van der Waals surface area contributed by atoms with Gasteiger partial charge < -0.3 is 15.4 Å². The Labute approximate surface area is 102 Å². The van der Waals surface area contributed by atoms with E-state index < -0.39 is 0 Å². The van der Waals surface area contributed by atoms with Crippen LogP contribution in [0, 0.1) is 6.92 Å². The minimum Gasteiger partial charge on any atom is -0.398 e. The van der Waals surface area contributed by atoms with Gasteiger partial charge in [-0.3, -0.25) is 4.79 Å². The molecule has 0 aliphatic rings. The van der Waals surface area contributed by atoms with Crippen LogP contribution >= 0.6 is 0 Å². The van der Waals surface area contributed by atoms with Crippen LogP contribution in [-0.2, 0) is 4.74 Å². The summed E-state index contributed by atoms with van der Waals surface area (Å²) in [6.45, 7) is 5.66. The molecule has 0 unspecified atom stereocenters. The molecule has 0 saturated heterocycles. The van der Waals surface area contributed by atoms with Crippen molar-refractivity contribution in [3.05, 3.63) is 29.3 Å². The van der Waals surface area contributed by atoms with Crippen molar-refractivity contribution in [2.75, 3.05) is 32.5 Å². The number of nitrogens with zero attached hydrogens (tertiary/aromatic N) is 1. The molecule has 0 bridgehead atoms. The number of hydrogen-bond acceptors (Lipinski definition) is 3. The zero-order chi connectivity index (χ0) is 12.8. The summed E-state index contributed by atoms with van der Waals surface area (Å²) in [6.07, 6.45) is 0. The Bertz CT molecular complexity index is 391. The molecule has 1 aromatic carbocycles. The van der Waals surface area contributed by atoms with Gasteiger partial charge in [-0.1, -0.05) is 6.07 Å². The van der Waals surface area contributed by atoms with Gasteiger partial charge in [0.05, 0.1) is 12.2 Å². The zero-order valence-corrected chi connectivity index (χ0v) is 10.7. The number of likely N-dealkylation sites (N-methyl/N-ethyl adjacent to an activating group) is 1. The SMILES string of the molecule is CCN(CCOC)C(=O)c1ccc(C)cc1N. The van der Waals surface area contributed by atoms with E-state index in [0.717, 1.165) is 5.56 Å². The molecule has 0 aliphatic carbocycles. The van der Waals surface area contributed by atoms with Gasteiger partial charge in [-0.05, 0) is 31.5 Å². The van der Waals surface area contributed by atoms with E-state index in [1.165, 1.54) is 0 Å². The second-order valence-corrected chi connectivity index (χ2v) is 3.97. The lowest BCUT2D eigenvalue weighted by atomic mass is 10.1. The molecule has 94 valence electrons. The molecular formula is C13H20N2O2. The first-order valence-electron chi connectivity index (χ1n) is 5.74. The highest BCUT2D eigenvalue weighted by atomic mass is 16.5. The number of carbonyl (C=O) groups is 1. The highest BCUT2D eigenvalue weighted by Crippen LogP contribution is 2.16. The molecule has 0 saturated carbocycles. The van der Waals surface area contributed by atoms with Gasteiger partial charge in [-0.25, -0.2) is 0 Å². The van der Waals surface area contributed by atoms with Crippen molar-refractivity contribution in [2.45, 2.75) is 13.8 Å². The van der Waals surface area contributed by atoms with E-state index in [0.29, 0.717) is 30.9 Å². The van der Waals surface area contributed by atoms with Crippen LogP contribution < -0.4 is 5.73 Å². The maximum absolute atomic E-state index is 12.2. The van der Waals surface area contributed by atoms with Crippen molar-refractivity contribution in [1.82, 2.24) is 4.90 Å². The van der Waals surface area contributed by atoms with Gasteiger partial charge in [-0.15, -0.1) is 0 Å². The van der Waals surface area contributed by atoms with Gasteiger partial charge in [-0.2, -0.15) is 0 Å². The summed E-state index contributed by atoms with van der Waals surface area (Å²) >= 11 is 0. The van der Waals surface area contributed by atoms with E-state index in [1.807, 2.05) is 26.0 Å². The summed E-state index contributed by atoms with van der Waals surface area (Å²) in [6, 6.07) is 5.49. The summed E-state index contributed by atoms with van der Waals surface area (Å²) in [5, 5.41) is 0. The smallest absolute Gasteiger partial charge is 0.256 e. The lowest BCUT2D eigenvalue weighted by Crippen LogP contribution is -2.34. The third-order valence-electron chi connectivity index (χ3n) is 2.67. The van der Waals surface area contributed by atoms with E-state index in [4.69, 9.17) is 10.5 Å². The molecule has 0 aliphatic heterocycles. The van der Waals surface area contributed by atoms with Gasteiger partial charge >= 0.3 is 0 Å². The molecule has 0 spiro atoms. The minimum atomic E-state index is -0.0398. The summed E-state index contributed by atoms with van der Waals surface area (Å²) in [5.74, 6) is -0.0398. The van der Waals surface area contributed by atoms with E-state index >= 15 is 0 Å². The number of ether oxygens (including phenoxy) is 1. The Morgan fingerprint density at radius 2 is 2.18 bits per heavy atom. The third-order valence-corrected chi connectivity index (χ3v) is 2.67.